The number of rotatable bonds is 6. The Hall–Kier alpha value is -2.96. The Balaban J connectivity index is 1.35. The lowest BCUT2D eigenvalue weighted by Gasteiger charge is -2.16. The van der Waals surface area contributed by atoms with Crippen LogP contribution in [0.1, 0.15) is 55.3 Å². The molecule has 2 N–H and O–H groups in total. The van der Waals surface area contributed by atoms with Crippen molar-refractivity contribution in [2.45, 2.75) is 51.0 Å². The lowest BCUT2D eigenvalue weighted by Crippen LogP contribution is -2.35. The number of anilines is 1. The molecule has 1 saturated heterocycles. The Kier molecular flexibility index (Phi) is 5.97. The molecule has 7 nitrogen and oxygen atoms in total. The van der Waals surface area contributed by atoms with Crippen molar-refractivity contribution >= 4 is 29.3 Å². The van der Waals surface area contributed by atoms with E-state index in [1.807, 2.05) is 12.2 Å². The molecule has 2 aliphatic carbocycles. The summed E-state index contributed by atoms with van der Waals surface area (Å²) in [6.07, 6.45) is 9.26. The van der Waals surface area contributed by atoms with Crippen LogP contribution in [0.25, 0.3) is 0 Å². The molecule has 1 aromatic carbocycles. The number of hydrogen-bond acceptors (Lipinski definition) is 4. The molecule has 4 rings (SSSR count). The van der Waals surface area contributed by atoms with Gasteiger partial charge in [-0.25, -0.2) is 0 Å². The second-order valence-corrected chi connectivity index (χ2v) is 8.28. The average Bonchev–Trinajstić information content (AvgIpc) is 3.34. The number of fused-ring (bicyclic) bond motifs is 1. The van der Waals surface area contributed by atoms with Gasteiger partial charge in [0.15, 0.2) is 0 Å². The minimum atomic E-state index is -0.329. The minimum Gasteiger partial charge on any atom is -0.349 e. The summed E-state index contributed by atoms with van der Waals surface area (Å²) in [5.74, 6) is -1.46. The lowest BCUT2D eigenvalue weighted by molar-refractivity contribution is -0.140. The number of nitrogens with zero attached hydrogens (tertiary/aromatic N) is 1. The molecule has 2 unspecified atom stereocenters. The topological polar surface area (TPSA) is 95.6 Å². The number of nitrogens with one attached hydrogen (secondary N) is 2. The van der Waals surface area contributed by atoms with Crippen LogP contribution in [0.15, 0.2) is 36.4 Å². The first kappa shape index (κ1) is 20.3. The van der Waals surface area contributed by atoms with Crippen LogP contribution in [0.5, 0.6) is 0 Å². The van der Waals surface area contributed by atoms with Crippen molar-refractivity contribution in [2.24, 2.45) is 11.8 Å². The first-order valence-electron chi connectivity index (χ1n) is 10.7. The standard InChI is InChI=1S/C23H27N3O4/c27-20(13-14-26-22(29)16-9-3-4-10-17(16)23(26)30)25-19-12-6-5-11-18(19)21(28)24-15-7-1-2-8-15/h3-6,11-12,15-17H,1-2,7-10,13-14H2,(H,24,28)(H,25,27). The summed E-state index contributed by atoms with van der Waals surface area (Å²) >= 11 is 0. The fourth-order valence-electron chi connectivity index (χ4n) is 4.64. The van der Waals surface area contributed by atoms with Crippen molar-refractivity contribution in [1.82, 2.24) is 10.2 Å². The van der Waals surface area contributed by atoms with E-state index >= 15 is 0 Å². The van der Waals surface area contributed by atoms with Crippen molar-refractivity contribution in [2.75, 3.05) is 11.9 Å². The Morgan fingerprint density at radius 1 is 0.967 bits per heavy atom. The summed E-state index contributed by atoms with van der Waals surface area (Å²) in [6.45, 7) is 0.0624. The maximum atomic E-state index is 12.6. The fourth-order valence-corrected chi connectivity index (χ4v) is 4.64. The van der Waals surface area contributed by atoms with E-state index in [2.05, 4.69) is 10.6 Å². The van der Waals surface area contributed by atoms with Crippen LogP contribution in [0.4, 0.5) is 5.69 Å². The van der Waals surface area contributed by atoms with Gasteiger partial charge in [-0.3, -0.25) is 24.1 Å². The van der Waals surface area contributed by atoms with Crippen LogP contribution in [-0.2, 0) is 14.4 Å². The van der Waals surface area contributed by atoms with Gasteiger partial charge in [0, 0.05) is 19.0 Å². The highest BCUT2D eigenvalue weighted by Crippen LogP contribution is 2.35. The summed E-state index contributed by atoms with van der Waals surface area (Å²) in [4.78, 5) is 51.4. The predicted octanol–water partition coefficient (Wildman–Crippen LogP) is 2.64. The Bertz CT molecular complexity index is 862. The van der Waals surface area contributed by atoms with E-state index in [-0.39, 0.29) is 54.5 Å². The smallest absolute Gasteiger partial charge is 0.253 e. The van der Waals surface area contributed by atoms with Crippen LogP contribution in [0, 0.1) is 11.8 Å². The second kappa shape index (κ2) is 8.81. The zero-order valence-electron chi connectivity index (χ0n) is 16.9. The third-order valence-corrected chi connectivity index (χ3v) is 6.30. The first-order chi connectivity index (χ1) is 14.5. The largest absolute Gasteiger partial charge is 0.349 e. The van der Waals surface area contributed by atoms with E-state index in [0.717, 1.165) is 25.7 Å². The van der Waals surface area contributed by atoms with Gasteiger partial charge < -0.3 is 10.6 Å². The highest BCUT2D eigenvalue weighted by molar-refractivity contribution is 6.06. The number of para-hydroxylation sites is 1. The number of amides is 4. The molecule has 0 spiro atoms. The lowest BCUT2D eigenvalue weighted by atomic mass is 9.85. The van der Waals surface area contributed by atoms with Crippen LogP contribution >= 0.6 is 0 Å². The number of allylic oxidation sites excluding steroid dienone is 2. The Morgan fingerprint density at radius 2 is 1.60 bits per heavy atom. The van der Waals surface area contributed by atoms with Crippen molar-refractivity contribution in [1.29, 1.82) is 0 Å². The Labute approximate surface area is 175 Å². The minimum absolute atomic E-state index is 0.00290. The zero-order valence-corrected chi connectivity index (χ0v) is 16.9. The normalized spacial score (nSPS) is 23.5. The molecule has 0 radical (unpaired) electrons. The molecule has 1 aliphatic heterocycles. The van der Waals surface area contributed by atoms with E-state index in [1.54, 1.807) is 24.3 Å². The highest BCUT2D eigenvalue weighted by Gasteiger charge is 2.46. The van der Waals surface area contributed by atoms with E-state index in [9.17, 15) is 19.2 Å². The number of imide groups is 1. The molecular formula is C23H27N3O4. The van der Waals surface area contributed by atoms with Gasteiger partial charge in [0.2, 0.25) is 17.7 Å². The van der Waals surface area contributed by atoms with E-state index in [0.29, 0.717) is 24.1 Å². The zero-order chi connectivity index (χ0) is 21.1. The van der Waals surface area contributed by atoms with Gasteiger partial charge in [0.25, 0.3) is 5.91 Å². The van der Waals surface area contributed by atoms with Crippen LogP contribution < -0.4 is 10.6 Å². The van der Waals surface area contributed by atoms with Crippen molar-refractivity contribution in [3.8, 4) is 0 Å². The maximum Gasteiger partial charge on any atom is 0.253 e. The monoisotopic (exact) mass is 409 g/mol. The maximum absolute atomic E-state index is 12.6. The van der Waals surface area contributed by atoms with Crippen molar-refractivity contribution < 1.29 is 19.2 Å². The second-order valence-electron chi connectivity index (χ2n) is 8.28. The van der Waals surface area contributed by atoms with Gasteiger partial charge >= 0.3 is 0 Å². The summed E-state index contributed by atoms with van der Waals surface area (Å²) in [7, 11) is 0. The van der Waals surface area contributed by atoms with Gasteiger partial charge in [0.1, 0.15) is 0 Å². The fraction of sp³-hybridized carbons (Fsp3) is 0.478. The predicted molar refractivity (Wildman–Crippen MR) is 111 cm³/mol. The van der Waals surface area contributed by atoms with Gasteiger partial charge in [-0.05, 0) is 37.8 Å². The quantitative estimate of drug-likeness (QED) is 0.558. The SMILES string of the molecule is O=C(CCN1C(=O)C2CC=CCC2C1=O)Nc1ccccc1C(=O)NC1CCCC1. The van der Waals surface area contributed by atoms with E-state index in [4.69, 9.17) is 0 Å². The number of carbonyl (C=O) groups is 4. The first-order valence-corrected chi connectivity index (χ1v) is 10.7. The van der Waals surface area contributed by atoms with Crippen molar-refractivity contribution in [3.05, 3.63) is 42.0 Å². The molecule has 158 valence electrons. The number of hydrogen-bond donors (Lipinski definition) is 2. The van der Waals surface area contributed by atoms with Gasteiger partial charge in [-0.1, -0.05) is 37.1 Å². The molecular weight excluding hydrogens is 382 g/mol. The van der Waals surface area contributed by atoms with E-state index < -0.39 is 0 Å². The molecule has 1 saturated carbocycles. The molecule has 3 aliphatic rings. The van der Waals surface area contributed by atoms with Gasteiger partial charge in [-0.15, -0.1) is 0 Å². The molecule has 30 heavy (non-hydrogen) atoms. The molecule has 0 bridgehead atoms. The highest BCUT2D eigenvalue weighted by atomic mass is 16.2. The third-order valence-electron chi connectivity index (χ3n) is 6.30. The summed E-state index contributed by atoms with van der Waals surface area (Å²) in [6, 6.07) is 7.08. The molecule has 1 heterocycles. The molecule has 2 atom stereocenters. The molecule has 2 fully saturated rings. The summed E-state index contributed by atoms with van der Waals surface area (Å²) < 4.78 is 0. The third kappa shape index (κ3) is 4.15. The van der Waals surface area contributed by atoms with Gasteiger partial charge in [-0.2, -0.15) is 0 Å². The van der Waals surface area contributed by atoms with Crippen LogP contribution in [-0.4, -0.2) is 41.1 Å². The summed E-state index contributed by atoms with van der Waals surface area (Å²) in [5.41, 5.74) is 0.859. The molecule has 7 heteroatoms. The Morgan fingerprint density at radius 3 is 2.27 bits per heavy atom. The average molecular weight is 409 g/mol. The van der Waals surface area contributed by atoms with Gasteiger partial charge in [0.05, 0.1) is 23.1 Å². The molecule has 1 aromatic rings. The molecule has 4 amide bonds. The van der Waals surface area contributed by atoms with Crippen LogP contribution in [0.2, 0.25) is 0 Å². The van der Waals surface area contributed by atoms with Crippen LogP contribution in [0.3, 0.4) is 0 Å². The number of carbonyl (C=O) groups excluding carboxylic acids is 4. The number of likely N-dealkylation sites (tertiary alicyclic amines) is 1. The molecule has 0 aromatic heterocycles. The van der Waals surface area contributed by atoms with E-state index in [1.165, 1.54) is 4.90 Å². The summed E-state index contributed by atoms with van der Waals surface area (Å²) in [5, 5.41) is 5.80. The van der Waals surface area contributed by atoms with Crippen molar-refractivity contribution in [3.63, 3.8) is 0 Å². The number of benzene rings is 1.